The van der Waals surface area contributed by atoms with Crippen molar-refractivity contribution in [1.82, 2.24) is 0 Å². The van der Waals surface area contributed by atoms with Crippen molar-refractivity contribution >= 4 is 15.9 Å². The Balaban J connectivity index is 2.15. The lowest BCUT2D eigenvalue weighted by molar-refractivity contribution is -0.00495. The minimum absolute atomic E-state index is 0.257. The average Bonchev–Trinajstić information content (AvgIpc) is 3.01. The zero-order chi connectivity index (χ0) is 15.2. The van der Waals surface area contributed by atoms with Crippen LogP contribution in [0.1, 0.15) is 13.3 Å². The van der Waals surface area contributed by atoms with Crippen molar-refractivity contribution in [3.8, 4) is 0 Å². The first-order chi connectivity index (χ1) is 9.21. The molecule has 0 radical (unpaired) electrons. The summed E-state index contributed by atoms with van der Waals surface area (Å²) in [5.74, 6) is 0.257. The molecule has 1 saturated carbocycles. The van der Waals surface area contributed by atoms with E-state index < -0.39 is 57.9 Å². The van der Waals surface area contributed by atoms with Gasteiger partial charge in [0, 0.05) is 5.75 Å². The van der Waals surface area contributed by atoms with Crippen molar-refractivity contribution in [3.05, 3.63) is 0 Å². The van der Waals surface area contributed by atoms with Gasteiger partial charge < -0.3 is 36.4 Å². The van der Waals surface area contributed by atoms with Crippen LogP contribution >= 0.6 is 10.5 Å². The van der Waals surface area contributed by atoms with E-state index in [2.05, 4.69) is 0 Å². The Labute approximate surface area is 119 Å². The standard InChI is InChI=1S/C12H23NO6S/c1-5(14)10(18)9(13)6(15)3-20-4-7(16)11(19)12(20)2-8(12)17/h3,5-11,14-19H,2,4,13H2,1H3. The third-order valence-electron chi connectivity index (χ3n) is 4.21. The van der Waals surface area contributed by atoms with E-state index in [0.29, 0.717) is 6.42 Å². The topological polar surface area (TPSA) is 147 Å². The largest absolute Gasteiger partial charge is 0.392 e. The van der Waals surface area contributed by atoms with Gasteiger partial charge in [-0.3, -0.25) is 0 Å². The summed E-state index contributed by atoms with van der Waals surface area (Å²) in [6, 6.07) is -1.06. The highest BCUT2D eigenvalue weighted by molar-refractivity contribution is 8.16. The first-order valence-corrected chi connectivity index (χ1v) is 8.06. The maximum absolute atomic E-state index is 10.0. The number of aliphatic hydroxyl groups excluding tert-OH is 6. The smallest absolute Gasteiger partial charge is 0.0975 e. The number of aliphatic hydroxyl groups is 6. The summed E-state index contributed by atoms with van der Waals surface area (Å²) in [7, 11) is -0.695. The Kier molecular flexibility index (Phi) is 4.58. The van der Waals surface area contributed by atoms with Crippen molar-refractivity contribution in [2.75, 3.05) is 5.75 Å². The highest BCUT2D eigenvalue weighted by Gasteiger charge is 2.66. The van der Waals surface area contributed by atoms with Gasteiger partial charge in [-0.15, -0.1) is 0 Å². The molecule has 0 aromatic heterocycles. The molecule has 0 amide bonds. The van der Waals surface area contributed by atoms with Crippen molar-refractivity contribution in [2.24, 2.45) is 5.73 Å². The van der Waals surface area contributed by atoms with Crippen molar-refractivity contribution < 1.29 is 30.6 Å². The van der Waals surface area contributed by atoms with Gasteiger partial charge in [0.1, 0.15) is 0 Å². The van der Waals surface area contributed by atoms with Crippen LogP contribution < -0.4 is 5.73 Å². The minimum atomic E-state index is -1.28. The Bertz CT molecular complexity index is 405. The van der Waals surface area contributed by atoms with Gasteiger partial charge in [0.25, 0.3) is 0 Å². The molecule has 9 unspecified atom stereocenters. The van der Waals surface area contributed by atoms with Gasteiger partial charge in [0.15, 0.2) is 0 Å². The molecule has 2 rings (SSSR count). The maximum Gasteiger partial charge on any atom is 0.0975 e. The molecule has 1 heterocycles. The van der Waals surface area contributed by atoms with Crippen LogP contribution in [0.5, 0.6) is 0 Å². The van der Waals surface area contributed by atoms with E-state index in [-0.39, 0.29) is 5.75 Å². The van der Waals surface area contributed by atoms with Crippen LogP contribution in [0.4, 0.5) is 0 Å². The van der Waals surface area contributed by atoms with E-state index in [0.717, 1.165) is 0 Å². The fourth-order valence-corrected chi connectivity index (χ4v) is 5.65. The van der Waals surface area contributed by atoms with E-state index in [1.54, 1.807) is 0 Å². The molecule has 20 heavy (non-hydrogen) atoms. The third kappa shape index (κ3) is 2.55. The number of nitrogens with two attached hydrogens (primary N) is 1. The lowest BCUT2D eigenvalue weighted by Crippen LogP contribution is -2.50. The van der Waals surface area contributed by atoms with Gasteiger partial charge in [-0.25, -0.2) is 0 Å². The average molecular weight is 309 g/mol. The van der Waals surface area contributed by atoms with Crippen LogP contribution in [0.15, 0.2) is 0 Å². The molecule has 1 saturated heterocycles. The van der Waals surface area contributed by atoms with Gasteiger partial charge in [-0.2, -0.15) is 10.5 Å². The van der Waals surface area contributed by atoms with Crippen LogP contribution in [0, 0.1) is 0 Å². The normalized spacial score (nSPS) is 46.4. The molecule has 0 aromatic carbocycles. The molecule has 118 valence electrons. The second-order valence-corrected chi connectivity index (χ2v) is 7.94. The third-order valence-corrected chi connectivity index (χ3v) is 7.17. The maximum atomic E-state index is 10.0. The lowest BCUT2D eigenvalue weighted by Gasteiger charge is -2.25. The Hall–Kier alpha value is -0.0600. The lowest BCUT2D eigenvalue weighted by atomic mass is 10.0. The first kappa shape index (κ1) is 16.3. The molecule has 1 spiro atoms. The fourth-order valence-electron chi connectivity index (χ4n) is 2.72. The summed E-state index contributed by atoms with van der Waals surface area (Å²) in [6.45, 7) is 1.37. The monoisotopic (exact) mass is 309 g/mol. The molecule has 1 aliphatic carbocycles. The van der Waals surface area contributed by atoms with Crippen molar-refractivity contribution in [3.63, 3.8) is 0 Å². The quantitative estimate of drug-likeness (QED) is 0.269. The van der Waals surface area contributed by atoms with E-state index in [9.17, 15) is 30.6 Å². The van der Waals surface area contributed by atoms with Crippen molar-refractivity contribution in [1.29, 1.82) is 0 Å². The number of hydrogen-bond donors (Lipinski definition) is 7. The molecule has 7 nitrogen and oxygen atoms in total. The number of rotatable bonds is 4. The molecule has 8 N–H and O–H groups in total. The van der Waals surface area contributed by atoms with Crippen LogP contribution in [0.3, 0.4) is 0 Å². The summed E-state index contributed by atoms with van der Waals surface area (Å²) in [6.07, 6.45) is -5.80. The zero-order valence-electron chi connectivity index (χ0n) is 11.2. The molecule has 0 bridgehead atoms. The minimum Gasteiger partial charge on any atom is -0.392 e. The van der Waals surface area contributed by atoms with Gasteiger partial charge in [0.05, 0.1) is 47.4 Å². The highest BCUT2D eigenvalue weighted by atomic mass is 32.2. The predicted molar refractivity (Wildman–Crippen MR) is 75.6 cm³/mol. The van der Waals surface area contributed by atoms with Gasteiger partial charge in [0.2, 0.25) is 0 Å². The van der Waals surface area contributed by atoms with E-state index in [1.165, 1.54) is 12.3 Å². The summed E-state index contributed by atoms with van der Waals surface area (Å²) < 4.78 is -0.782. The van der Waals surface area contributed by atoms with Crippen LogP contribution in [-0.2, 0) is 0 Å². The molecule has 1 aliphatic heterocycles. The molecular weight excluding hydrogens is 286 g/mol. The predicted octanol–water partition coefficient (Wildman–Crippen LogP) is -3.27. The zero-order valence-corrected chi connectivity index (χ0v) is 12.0. The van der Waals surface area contributed by atoms with E-state index in [1.807, 2.05) is 0 Å². The van der Waals surface area contributed by atoms with E-state index in [4.69, 9.17) is 5.73 Å². The second kappa shape index (κ2) is 5.62. The molecule has 2 aliphatic rings. The molecular formula is C12H23NO6S. The van der Waals surface area contributed by atoms with Crippen LogP contribution in [0.25, 0.3) is 0 Å². The Morgan fingerprint density at radius 1 is 1.25 bits per heavy atom. The summed E-state index contributed by atoms with van der Waals surface area (Å²) >= 11 is 0. The summed E-state index contributed by atoms with van der Waals surface area (Å²) in [5.41, 5.74) is 5.68. The van der Waals surface area contributed by atoms with Crippen LogP contribution in [0.2, 0.25) is 0 Å². The van der Waals surface area contributed by atoms with Gasteiger partial charge in [-0.05, 0) is 18.7 Å². The fraction of sp³-hybridized carbons (Fsp3) is 0.917. The molecule has 9 atom stereocenters. The van der Waals surface area contributed by atoms with E-state index >= 15 is 0 Å². The van der Waals surface area contributed by atoms with Gasteiger partial charge >= 0.3 is 0 Å². The van der Waals surface area contributed by atoms with Gasteiger partial charge in [-0.1, -0.05) is 0 Å². The van der Waals surface area contributed by atoms with Crippen molar-refractivity contribution in [2.45, 2.75) is 60.8 Å². The Morgan fingerprint density at radius 2 is 1.80 bits per heavy atom. The summed E-state index contributed by atoms with van der Waals surface area (Å²) in [4.78, 5) is 0. The van der Waals surface area contributed by atoms with Crippen LogP contribution in [-0.4, -0.2) is 89.2 Å². The Morgan fingerprint density at radius 3 is 2.25 bits per heavy atom. The number of hydrogen-bond acceptors (Lipinski definition) is 7. The molecule has 0 aromatic rings. The second-order valence-electron chi connectivity index (χ2n) is 5.72. The summed E-state index contributed by atoms with van der Waals surface area (Å²) in [5, 5.41) is 59.8. The highest BCUT2D eigenvalue weighted by Crippen LogP contribution is 2.60. The SMILES string of the molecule is CC(O)C(O)C(N)C(O)C=S1CC(O)C(O)C12CC2O. The molecule has 2 fully saturated rings. The first-order valence-electron chi connectivity index (χ1n) is 6.60. The molecule has 8 heteroatoms.